The minimum atomic E-state index is -0.568. The van der Waals surface area contributed by atoms with Gasteiger partial charge in [-0.2, -0.15) is 0 Å². The second kappa shape index (κ2) is 9.24. The Bertz CT molecular complexity index is 1080. The fraction of sp³-hybridized carbons (Fsp3) is 0.500. The molecule has 1 aliphatic heterocycles. The van der Waals surface area contributed by atoms with Crippen LogP contribution in [0.5, 0.6) is 0 Å². The summed E-state index contributed by atoms with van der Waals surface area (Å²) in [4.78, 5) is 0. The van der Waals surface area contributed by atoms with Crippen molar-refractivity contribution >= 4 is 12.6 Å². The van der Waals surface area contributed by atoms with Crippen LogP contribution in [0.25, 0.3) is 0 Å². The van der Waals surface area contributed by atoms with E-state index in [9.17, 15) is 4.39 Å². The Kier molecular flexibility index (Phi) is 6.71. The van der Waals surface area contributed by atoms with Crippen molar-refractivity contribution in [3.8, 4) is 11.8 Å². The van der Waals surface area contributed by atoms with Crippen LogP contribution in [0.1, 0.15) is 82.6 Å². The maximum Gasteiger partial charge on any atom is 0.494 e. The highest BCUT2D eigenvalue weighted by molar-refractivity contribution is 6.62. The Balaban J connectivity index is 1.53. The molecule has 0 spiro atoms. The summed E-state index contributed by atoms with van der Waals surface area (Å²) >= 11 is 0. The van der Waals surface area contributed by atoms with E-state index in [1.165, 1.54) is 6.07 Å². The third kappa shape index (κ3) is 4.61. The molecular weight excluding hydrogens is 417 g/mol. The number of hydrogen-bond acceptors (Lipinski definition) is 2. The zero-order valence-electron chi connectivity index (χ0n) is 20.4. The predicted octanol–water partition coefficient (Wildman–Crippen LogP) is 5.96. The van der Waals surface area contributed by atoms with Gasteiger partial charge in [0.05, 0.1) is 16.8 Å². The van der Waals surface area contributed by atoms with Crippen molar-refractivity contribution in [2.24, 2.45) is 5.92 Å². The molecule has 0 N–H and O–H groups in total. The Labute approximate surface area is 197 Å². The fourth-order valence-electron chi connectivity index (χ4n) is 4.99. The van der Waals surface area contributed by atoms with E-state index in [0.717, 1.165) is 43.1 Å². The maximum absolute atomic E-state index is 15.1. The predicted molar refractivity (Wildman–Crippen MR) is 130 cm³/mol. The second-order valence-corrected chi connectivity index (χ2v) is 10.1. The van der Waals surface area contributed by atoms with Gasteiger partial charge in [0.15, 0.2) is 0 Å². The molecule has 33 heavy (non-hydrogen) atoms. The van der Waals surface area contributed by atoms with Gasteiger partial charge in [0, 0.05) is 5.56 Å². The van der Waals surface area contributed by atoms with E-state index in [-0.39, 0.29) is 11.2 Å². The van der Waals surface area contributed by atoms with E-state index in [0.29, 0.717) is 23.5 Å². The third-order valence-corrected chi connectivity index (χ3v) is 7.65. The molecule has 174 valence electrons. The lowest BCUT2D eigenvalue weighted by Gasteiger charge is -2.35. The van der Waals surface area contributed by atoms with Crippen molar-refractivity contribution in [3.05, 3.63) is 64.2 Å². The summed E-state index contributed by atoms with van der Waals surface area (Å²) in [6.45, 7) is 10.4. The highest BCUT2D eigenvalue weighted by Gasteiger charge is 2.53. The summed E-state index contributed by atoms with van der Waals surface area (Å²) < 4.78 is 42.2. The number of fused-ring (bicyclic) bond motifs is 1. The summed E-state index contributed by atoms with van der Waals surface area (Å²) in [6.07, 6.45) is 5.41. The normalized spacial score (nSPS) is 23.7. The lowest BCUT2D eigenvalue weighted by Crippen LogP contribution is -2.44. The summed E-state index contributed by atoms with van der Waals surface area (Å²) in [5.74, 6) is 5.14. The van der Waals surface area contributed by atoms with Gasteiger partial charge in [-0.05, 0) is 87.2 Å². The molecule has 4 rings (SSSR count). The largest absolute Gasteiger partial charge is 0.494 e. The summed E-state index contributed by atoms with van der Waals surface area (Å²) in [5, 5.41) is 0. The molecule has 2 nitrogen and oxygen atoms in total. The highest BCUT2D eigenvalue weighted by atomic mass is 19.1. The molecule has 2 atom stereocenters. The molecule has 2 aromatic rings. The minimum absolute atomic E-state index is 0.130. The molecule has 0 saturated carbocycles. The average molecular weight is 450 g/mol. The van der Waals surface area contributed by atoms with Crippen LogP contribution < -0.4 is 5.46 Å². The van der Waals surface area contributed by atoms with E-state index in [4.69, 9.17) is 9.31 Å². The first kappa shape index (κ1) is 24.0. The van der Waals surface area contributed by atoms with Crippen molar-refractivity contribution in [1.82, 2.24) is 0 Å². The van der Waals surface area contributed by atoms with Crippen molar-refractivity contribution in [3.63, 3.8) is 0 Å². The lowest BCUT2D eigenvalue weighted by atomic mass is 9.79. The molecule has 1 heterocycles. The van der Waals surface area contributed by atoms with Gasteiger partial charge in [-0.15, -0.1) is 0 Å². The van der Waals surface area contributed by atoms with Crippen LogP contribution in [0.15, 0.2) is 30.3 Å². The second-order valence-electron chi connectivity index (χ2n) is 10.1. The molecule has 0 radical (unpaired) electrons. The molecule has 1 fully saturated rings. The van der Waals surface area contributed by atoms with Crippen LogP contribution >= 0.6 is 0 Å². The monoisotopic (exact) mass is 450 g/mol. The molecule has 2 aromatic carbocycles. The molecular formula is C28H33BF2O2. The maximum atomic E-state index is 15.1. The molecule has 1 aliphatic carbocycles. The molecule has 0 bridgehead atoms. The minimum Gasteiger partial charge on any atom is -0.399 e. The van der Waals surface area contributed by atoms with Crippen molar-refractivity contribution in [1.29, 1.82) is 0 Å². The third-order valence-electron chi connectivity index (χ3n) is 7.65. The van der Waals surface area contributed by atoms with Gasteiger partial charge in [-0.25, -0.2) is 8.78 Å². The molecule has 1 saturated heterocycles. The zero-order chi connectivity index (χ0) is 23.8. The van der Waals surface area contributed by atoms with Gasteiger partial charge < -0.3 is 9.31 Å². The van der Waals surface area contributed by atoms with Gasteiger partial charge in [0.2, 0.25) is 0 Å². The number of benzene rings is 2. The first-order valence-electron chi connectivity index (χ1n) is 12.1. The van der Waals surface area contributed by atoms with Crippen molar-refractivity contribution in [2.75, 3.05) is 0 Å². The van der Waals surface area contributed by atoms with Gasteiger partial charge in [0.1, 0.15) is 11.6 Å². The Morgan fingerprint density at radius 2 is 1.79 bits per heavy atom. The summed E-state index contributed by atoms with van der Waals surface area (Å²) in [6, 6.07) is 8.98. The van der Waals surface area contributed by atoms with Gasteiger partial charge in [-0.1, -0.05) is 50.7 Å². The Morgan fingerprint density at radius 3 is 2.42 bits per heavy atom. The summed E-state index contributed by atoms with van der Waals surface area (Å²) in [7, 11) is -0.445. The Morgan fingerprint density at radius 1 is 1.06 bits per heavy atom. The first-order valence-corrected chi connectivity index (χ1v) is 12.1. The van der Waals surface area contributed by atoms with Crippen LogP contribution in [0, 0.1) is 29.4 Å². The first-order chi connectivity index (χ1) is 15.7. The average Bonchev–Trinajstić information content (AvgIpc) is 3.03. The topological polar surface area (TPSA) is 18.5 Å². The zero-order valence-corrected chi connectivity index (χ0v) is 20.4. The smallest absolute Gasteiger partial charge is 0.399 e. The molecule has 0 aromatic heterocycles. The van der Waals surface area contributed by atoms with Gasteiger partial charge >= 0.3 is 7.12 Å². The number of hydrogen-bond donors (Lipinski definition) is 0. The highest BCUT2D eigenvalue weighted by Crippen LogP contribution is 2.39. The van der Waals surface area contributed by atoms with E-state index in [1.54, 1.807) is 0 Å². The molecule has 5 heteroatoms. The van der Waals surface area contributed by atoms with Crippen LogP contribution in [0.4, 0.5) is 8.78 Å². The van der Waals surface area contributed by atoms with Crippen LogP contribution in [0.2, 0.25) is 0 Å². The van der Waals surface area contributed by atoms with E-state index in [2.05, 4.69) is 32.6 Å². The number of rotatable bonds is 4. The van der Waals surface area contributed by atoms with Gasteiger partial charge in [0.25, 0.3) is 0 Å². The van der Waals surface area contributed by atoms with Crippen molar-refractivity contribution in [2.45, 2.75) is 84.3 Å². The fourth-order valence-corrected chi connectivity index (χ4v) is 4.99. The number of halogens is 2. The van der Waals surface area contributed by atoms with E-state index >= 15 is 4.39 Å². The standard InChI is InChI=1S/C28H33BF2O2/c1-6-8-20-12-15-23-21(17-20)18-25(30)24(26(23)31)16-11-19-9-13-22(14-10-19)29-32-27(3,4)28(5,7-2)33-29/h9-10,13-14,18,20H,6-8,12,15,17H2,1-5H3. The summed E-state index contributed by atoms with van der Waals surface area (Å²) in [5.41, 5.74) is 2.14. The van der Waals surface area contributed by atoms with Crippen molar-refractivity contribution < 1.29 is 18.1 Å². The quantitative estimate of drug-likeness (QED) is 0.423. The van der Waals surface area contributed by atoms with Crippen LogP contribution in [0.3, 0.4) is 0 Å². The lowest BCUT2D eigenvalue weighted by molar-refractivity contribution is -0.0118. The molecule has 2 unspecified atom stereocenters. The van der Waals surface area contributed by atoms with Gasteiger partial charge in [-0.3, -0.25) is 0 Å². The SMILES string of the molecule is CCCC1CCc2c(cc(F)c(C#Cc3ccc(B4OC(C)(C)C(C)(CC)O4)cc3)c2F)C1. The van der Waals surface area contributed by atoms with Crippen LogP contribution in [-0.4, -0.2) is 18.3 Å². The van der Waals surface area contributed by atoms with Crippen LogP contribution in [-0.2, 0) is 22.2 Å². The van der Waals surface area contributed by atoms with E-state index < -0.39 is 24.4 Å². The van der Waals surface area contributed by atoms with E-state index in [1.807, 2.05) is 38.1 Å². The molecule has 0 amide bonds. The Hall–Kier alpha value is -2.16. The molecule has 2 aliphatic rings.